The van der Waals surface area contributed by atoms with Gasteiger partial charge < -0.3 is 0 Å². The lowest BCUT2D eigenvalue weighted by molar-refractivity contribution is -0.147. The third-order valence-corrected chi connectivity index (χ3v) is 2.17. The first-order chi connectivity index (χ1) is 8.10. The van der Waals surface area contributed by atoms with Gasteiger partial charge in [0.05, 0.1) is 10.6 Å². The molecule has 0 spiro atoms. The summed E-state index contributed by atoms with van der Waals surface area (Å²) in [6, 6.07) is 0.252. The molecule has 0 aromatic carbocycles. The SMILES string of the molecule is NNC(=O)C(F)(F)c1ncc(C(F)(F)F)cc1Cl. The highest BCUT2D eigenvalue weighted by Gasteiger charge is 2.45. The Bertz CT molecular complexity index is 476. The highest BCUT2D eigenvalue weighted by molar-refractivity contribution is 6.31. The minimum atomic E-state index is -4.78. The van der Waals surface area contributed by atoms with Crippen molar-refractivity contribution < 1.29 is 26.7 Å². The van der Waals surface area contributed by atoms with Crippen LogP contribution in [-0.4, -0.2) is 10.9 Å². The maximum absolute atomic E-state index is 13.3. The smallest absolute Gasteiger partial charge is 0.289 e. The normalized spacial score (nSPS) is 12.4. The number of carbonyl (C=O) groups is 1. The number of aromatic nitrogens is 1. The van der Waals surface area contributed by atoms with Crippen LogP contribution < -0.4 is 11.3 Å². The fourth-order valence-electron chi connectivity index (χ4n) is 1.02. The van der Waals surface area contributed by atoms with Gasteiger partial charge in [-0.05, 0) is 6.07 Å². The maximum Gasteiger partial charge on any atom is 0.417 e. The second kappa shape index (κ2) is 4.65. The molecule has 0 aliphatic heterocycles. The van der Waals surface area contributed by atoms with Crippen molar-refractivity contribution in [3.63, 3.8) is 0 Å². The molecule has 1 aromatic rings. The predicted molar refractivity (Wildman–Crippen MR) is 50.5 cm³/mol. The van der Waals surface area contributed by atoms with Gasteiger partial charge in [-0.2, -0.15) is 22.0 Å². The zero-order chi connectivity index (χ0) is 14.1. The van der Waals surface area contributed by atoms with Crippen LogP contribution in [0.15, 0.2) is 12.3 Å². The molecule has 0 saturated carbocycles. The van der Waals surface area contributed by atoms with Crippen molar-refractivity contribution in [2.45, 2.75) is 12.1 Å². The van der Waals surface area contributed by atoms with Crippen molar-refractivity contribution in [1.29, 1.82) is 0 Å². The van der Waals surface area contributed by atoms with Gasteiger partial charge in [0, 0.05) is 6.20 Å². The second-order valence-electron chi connectivity index (χ2n) is 3.10. The number of hydrogen-bond donors (Lipinski definition) is 2. The topological polar surface area (TPSA) is 68.0 Å². The van der Waals surface area contributed by atoms with Gasteiger partial charge in [0.25, 0.3) is 0 Å². The van der Waals surface area contributed by atoms with E-state index < -0.39 is 34.3 Å². The summed E-state index contributed by atoms with van der Waals surface area (Å²) >= 11 is 5.26. The van der Waals surface area contributed by atoms with Crippen LogP contribution in [0.5, 0.6) is 0 Å². The first kappa shape index (κ1) is 14.6. The summed E-state index contributed by atoms with van der Waals surface area (Å²) in [5.41, 5.74) is -1.44. The van der Waals surface area contributed by atoms with E-state index in [-0.39, 0.29) is 12.3 Å². The molecule has 0 atom stereocenters. The van der Waals surface area contributed by atoms with Gasteiger partial charge in [-0.15, -0.1) is 0 Å². The van der Waals surface area contributed by atoms with Gasteiger partial charge in [0.1, 0.15) is 5.69 Å². The largest absolute Gasteiger partial charge is 0.417 e. The zero-order valence-corrected chi connectivity index (χ0v) is 9.11. The number of carbonyl (C=O) groups excluding carboxylic acids is 1. The average Bonchev–Trinajstić information content (AvgIpc) is 2.26. The van der Waals surface area contributed by atoms with E-state index in [0.29, 0.717) is 0 Å². The van der Waals surface area contributed by atoms with E-state index in [4.69, 9.17) is 11.6 Å². The van der Waals surface area contributed by atoms with Gasteiger partial charge in [-0.1, -0.05) is 11.6 Å². The van der Waals surface area contributed by atoms with E-state index in [2.05, 4.69) is 10.8 Å². The molecule has 100 valence electrons. The Morgan fingerprint density at radius 1 is 1.33 bits per heavy atom. The lowest BCUT2D eigenvalue weighted by Gasteiger charge is -2.16. The Labute approximate surface area is 102 Å². The van der Waals surface area contributed by atoms with Crippen LogP contribution in [0.25, 0.3) is 0 Å². The van der Waals surface area contributed by atoms with Gasteiger partial charge in [0.15, 0.2) is 0 Å². The minimum Gasteiger partial charge on any atom is -0.289 e. The van der Waals surface area contributed by atoms with Gasteiger partial charge in [-0.25, -0.2) is 5.84 Å². The molecule has 0 fully saturated rings. The number of nitrogens with zero attached hydrogens (tertiary/aromatic N) is 1. The van der Waals surface area contributed by atoms with Crippen molar-refractivity contribution in [1.82, 2.24) is 10.4 Å². The molecule has 1 rings (SSSR count). The number of rotatable bonds is 2. The van der Waals surface area contributed by atoms with Crippen molar-refractivity contribution >= 4 is 17.5 Å². The number of hydrazine groups is 1. The van der Waals surface area contributed by atoms with Crippen LogP contribution in [0.4, 0.5) is 22.0 Å². The number of nitrogens with one attached hydrogen (secondary N) is 1. The van der Waals surface area contributed by atoms with E-state index in [0.717, 1.165) is 0 Å². The fourth-order valence-corrected chi connectivity index (χ4v) is 1.31. The molecule has 4 nitrogen and oxygen atoms in total. The zero-order valence-electron chi connectivity index (χ0n) is 8.36. The van der Waals surface area contributed by atoms with Crippen molar-refractivity contribution in [2.75, 3.05) is 0 Å². The average molecular weight is 290 g/mol. The molecule has 0 aliphatic rings. The molecule has 0 radical (unpaired) electrons. The lowest BCUT2D eigenvalue weighted by atomic mass is 10.1. The van der Waals surface area contributed by atoms with Crippen LogP contribution in [0.1, 0.15) is 11.3 Å². The number of amides is 1. The molecular weight excluding hydrogens is 285 g/mol. The first-order valence-electron chi connectivity index (χ1n) is 4.22. The van der Waals surface area contributed by atoms with E-state index in [1.165, 1.54) is 5.43 Å². The molecule has 3 N–H and O–H groups in total. The molecule has 10 heteroatoms. The summed E-state index contributed by atoms with van der Waals surface area (Å²) < 4.78 is 63.3. The van der Waals surface area contributed by atoms with E-state index in [1.807, 2.05) is 0 Å². The van der Waals surface area contributed by atoms with E-state index in [1.54, 1.807) is 0 Å². The number of hydrogen-bond acceptors (Lipinski definition) is 3. The Morgan fingerprint density at radius 3 is 2.28 bits per heavy atom. The van der Waals surface area contributed by atoms with Crippen molar-refractivity contribution in [2.24, 2.45) is 5.84 Å². The standard InChI is InChI=1S/C8H5ClF5N3O/c9-4-1-3(8(12,13)14)2-16-5(4)7(10,11)6(18)17-15/h1-2H,15H2,(H,17,18). The fraction of sp³-hybridized carbons (Fsp3) is 0.250. The summed E-state index contributed by atoms with van der Waals surface area (Å²) in [5, 5.41) is -0.988. The van der Waals surface area contributed by atoms with Crippen LogP contribution in [0.3, 0.4) is 0 Å². The predicted octanol–water partition coefficient (Wildman–Crippen LogP) is 1.84. The molecule has 0 saturated heterocycles. The highest BCUT2D eigenvalue weighted by atomic mass is 35.5. The molecule has 0 unspecified atom stereocenters. The number of alkyl halides is 5. The van der Waals surface area contributed by atoms with E-state index >= 15 is 0 Å². The highest BCUT2D eigenvalue weighted by Crippen LogP contribution is 2.36. The summed E-state index contributed by atoms with van der Waals surface area (Å²) in [5.74, 6) is -1.65. The van der Waals surface area contributed by atoms with Gasteiger partial charge >= 0.3 is 18.0 Å². The molecule has 18 heavy (non-hydrogen) atoms. The Hall–Kier alpha value is -1.48. The summed E-state index contributed by atoms with van der Waals surface area (Å²) in [4.78, 5) is 13.6. The molecule has 0 aliphatic carbocycles. The molecule has 0 bridgehead atoms. The molecule has 1 amide bonds. The third kappa shape index (κ3) is 2.67. The molecule has 1 aromatic heterocycles. The Kier molecular flexibility index (Phi) is 3.77. The summed E-state index contributed by atoms with van der Waals surface area (Å²) in [7, 11) is 0. The van der Waals surface area contributed by atoms with Crippen LogP contribution in [0, 0.1) is 0 Å². The minimum absolute atomic E-state index is 0.152. The summed E-state index contributed by atoms with van der Waals surface area (Å²) in [6.07, 6.45) is -4.63. The Morgan fingerprint density at radius 2 is 1.89 bits per heavy atom. The molecular formula is C8H5ClF5N3O. The first-order valence-corrected chi connectivity index (χ1v) is 4.60. The van der Waals surface area contributed by atoms with Crippen LogP contribution >= 0.6 is 11.6 Å². The maximum atomic E-state index is 13.3. The second-order valence-corrected chi connectivity index (χ2v) is 3.51. The third-order valence-electron chi connectivity index (χ3n) is 1.88. The Balaban J connectivity index is 3.26. The number of nitrogens with two attached hydrogens (primary N) is 1. The van der Waals surface area contributed by atoms with Crippen LogP contribution in [-0.2, 0) is 16.9 Å². The molecule has 1 heterocycles. The van der Waals surface area contributed by atoms with Crippen molar-refractivity contribution in [3.05, 3.63) is 28.5 Å². The number of halogens is 6. The number of pyridine rings is 1. The quantitative estimate of drug-likeness (QED) is 0.378. The van der Waals surface area contributed by atoms with Gasteiger partial charge in [-0.3, -0.25) is 15.2 Å². The monoisotopic (exact) mass is 289 g/mol. The lowest BCUT2D eigenvalue weighted by Crippen LogP contribution is -2.42. The van der Waals surface area contributed by atoms with Gasteiger partial charge in [0.2, 0.25) is 0 Å². The van der Waals surface area contributed by atoms with Crippen molar-refractivity contribution in [3.8, 4) is 0 Å². The summed E-state index contributed by atoms with van der Waals surface area (Å²) in [6.45, 7) is 0. The van der Waals surface area contributed by atoms with Crippen LogP contribution in [0.2, 0.25) is 5.02 Å². The van der Waals surface area contributed by atoms with E-state index in [9.17, 15) is 26.7 Å².